The third kappa shape index (κ3) is 3.32. The minimum atomic E-state index is -1.90. The normalized spacial score (nSPS) is 23.7. The van der Waals surface area contributed by atoms with E-state index in [9.17, 15) is 40.5 Å². The zero-order valence-corrected chi connectivity index (χ0v) is 21.0. The SMILES string of the molecule is O=C1Oc2cc(O)c3c(c2[C@@]12c1c(O)cc(O)cc1O[C@@H]2c1ccc(O)cc1)O[C@H](c1ccc(O)c(O)c1)[C@H](O)C3. The van der Waals surface area contributed by atoms with E-state index in [1.807, 2.05) is 0 Å². The number of rotatable bonds is 2. The van der Waals surface area contributed by atoms with Gasteiger partial charge in [0.15, 0.2) is 16.9 Å². The zero-order valence-electron chi connectivity index (χ0n) is 21.0. The van der Waals surface area contributed by atoms with Crippen molar-refractivity contribution in [3.8, 4) is 51.7 Å². The van der Waals surface area contributed by atoms with Crippen molar-refractivity contribution in [2.24, 2.45) is 0 Å². The molecule has 3 aliphatic rings. The van der Waals surface area contributed by atoms with Gasteiger partial charge < -0.3 is 50.0 Å². The van der Waals surface area contributed by atoms with Crippen molar-refractivity contribution in [3.63, 3.8) is 0 Å². The van der Waals surface area contributed by atoms with Crippen LogP contribution in [0.15, 0.2) is 60.7 Å². The van der Waals surface area contributed by atoms with Gasteiger partial charge in [0.1, 0.15) is 52.5 Å². The first-order valence-corrected chi connectivity index (χ1v) is 12.6. The second-order valence-corrected chi connectivity index (χ2v) is 10.3. The van der Waals surface area contributed by atoms with Crippen molar-refractivity contribution in [2.75, 3.05) is 0 Å². The largest absolute Gasteiger partial charge is 0.508 e. The van der Waals surface area contributed by atoms with Gasteiger partial charge in [0.05, 0.1) is 17.2 Å². The van der Waals surface area contributed by atoms with Gasteiger partial charge in [-0.15, -0.1) is 0 Å². The lowest BCUT2D eigenvalue weighted by Crippen LogP contribution is -2.40. The average Bonchev–Trinajstić information content (AvgIpc) is 3.41. The maximum atomic E-state index is 14.0. The van der Waals surface area contributed by atoms with Gasteiger partial charge in [-0.25, -0.2) is 0 Å². The first-order valence-electron chi connectivity index (χ1n) is 12.6. The van der Waals surface area contributed by atoms with Gasteiger partial charge in [-0.3, -0.25) is 4.79 Å². The fraction of sp³-hybridized carbons (Fsp3) is 0.167. The van der Waals surface area contributed by atoms with Gasteiger partial charge in [-0.2, -0.15) is 0 Å². The Morgan fingerprint density at radius 1 is 0.683 bits per heavy atom. The third-order valence-corrected chi connectivity index (χ3v) is 7.87. The van der Waals surface area contributed by atoms with E-state index >= 15 is 0 Å². The molecule has 0 unspecified atom stereocenters. The Labute approximate surface area is 231 Å². The van der Waals surface area contributed by atoms with Crippen LogP contribution in [0.2, 0.25) is 0 Å². The Hall–Kier alpha value is -5.29. The van der Waals surface area contributed by atoms with E-state index in [0.29, 0.717) is 11.1 Å². The molecule has 4 atom stereocenters. The first-order chi connectivity index (χ1) is 19.6. The second kappa shape index (κ2) is 8.35. The van der Waals surface area contributed by atoms with Crippen molar-refractivity contribution >= 4 is 5.97 Å². The number of aliphatic hydroxyl groups excluding tert-OH is 1. The molecule has 7 rings (SSSR count). The summed E-state index contributed by atoms with van der Waals surface area (Å²) in [6, 6.07) is 13.4. The number of benzene rings is 4. The number of hydrogen-bond acceptors (Lipinski definition) is 11. The maximum absolute atomic E-state index is 14.0. The van der Waals surface area contributed by atoms with Gasteiger partial charge in [0.25, 0.3) is 0 Å². The summed E-state index contributed by atoms with van der Waals surface area (Å²) in [5.41, 5.74) is -0.890. The molecule has 7 N–H and O–H groups in total. The second-order valence-electron chi connectivity index (χ2n) is 10.3. The number of carbonyl (C=O) groups excluding carboxylic acids is 1. The molecule has 0 aromatic heterocycles. The van der Waals surface area contributed by atoms with Crippen LogP contribution in [0.3, 0.4) is 0 Å². The lowest BCUT2D eigenvalue weighted by molar-refractivity contribution is -0.139. The maximum Gasteiger partial charge on any atom is 0.331 e. The molecule has 0 saturated carbocycles. The highest BCUT2D eigenvalue weighted by atomic mass is 16.6. The van der Waals surface area contributed by atoms with E-state index in [4.69, 9.17) is 14.2 Å². The number of fused-ring (bicyclic) bond motifs is 6. The van der Waals surface area contributed by atoms with Gasteiger partial charge in [0.2, 0.25) is 0 Å². The molecule has 41 heavy (non-hydrogen) atoms. The predicted octanol–water partition coefficient (Wildman–Crippen LogP) is 3.30. The molecule has 0 amide bonds. The third-order valence-electron chi connectivity index (χ3n) is 7.87. The number of phenols is 6. The molecule has 0 bridgehead atoms. The lowest BCUT2D eigenvalue weighted by atomic mass is 9.69. The Kier molecular flexibility index (Phi) is 5.04. The molecular formula is C30H22O11. The standard InChI is InChI=1S/C30H22O11/c31-14-4-1-12(2-5-14)28-30(24-20(36)8-15(32)9-22(24)39-28)25-23(40-29(30)38)11-18(34)16-10-21(37)26(41-27(16)25)13-3-6-17(33)19(35)7-13/h1-9,11,21,26,28,31-37H,10H2/t21-,26-,28-,30-/m1/s1. The number of phenolic OH excluding ortho intramolecular Hbond substituents is 6. The van der Waals surface area contributed by atoms with Crippen LogP contribution in [0.1, 0.15) is 40.0 Å². The minimum absolute atomic E-state index is 0.00131. The van der Waals surface area contributed by atoms with Crippen LogP contribution in [-0.4, -0.2) is 47.8 Å². The van der Waals surface area contributed by atoms with Crippen molar-refractivity contribution in [1.82, 2.24) is 0 Å². The van der Waals surface area contributed by atoms with Gasteiger partial charge in [-0.1, -0.05) is 18.2 Å². The van der Waals surface area contributed by atoms with Crippen LogP contribution >= 0.6 is 0 Å². The summed E-state index contributed by atoms with van der Waals surface area (Å²) in [7, 11) is 0. The quantitative estimate of drug-likeness (QED) is 0.109. The summed E-state index contributed by atoms with van der Waals surface area (Å²) >= 11 is 0. The Balaban J connectivity index is 1.50. The molecule has 3 aliphatic heterocycles. The van der Waals surface area contributed by atoms with Crippen molar-refractivity contribution < 1.29 is 54.8 Å². The molecular weight excluding hydrogens is 536 g/mol. The molecule has 11 nitrogen and oxygen atoms in total. The van der Waals surface area contributed by atoms with Crippen LogP contribution in [0, 0.1) is 0 Å². The molecule has 4 aromatic carbocycles. The van der Waals surface area contributed by atoms with E-state index in [1.54, 1.807) is 0 Å². The van der Waals surface area contributed by atoms with Crippen LogP contribution in [0.25, 0.3) is 0 Å². The van der Waals surface area contributed by atoms with E-state index in [1.165, 1.54) is 54.6 Å². The molecule has 0 saturated heterocycles. The Bertz CT molecular complexity index is 1760. The molecule has 11 heteroatoms. The average molecular weight is 558 g/mol. The van der Waals surface area contributed by atoms with Crippen molar-refractivity contribution in [1.29, 1.82) is 0 Å². The van der Waals surface area contributed by atoms with Gasteiger partial charge in [-0.05, 0) is 35.4 Å². The van der Waals surface area contributed by atoms with E-state index < -0.39 is 41.2 Å². The summed E-state index contributed by atoms with van der Waals surface area (Å²) in [6.07, 6.45) is -3.60. The predicted molar refractivity (Wildman–Crippen MR) is 139 cm³/mol. The fourth-order valence-electron chi connectivity index (χ4n) is 6.11. The number of aliphatic hydroxyl groups is 1. The summed E-state index contributed by atoms with van der Waals surface area (Å²) in [4.78, 5) is 14.0. The molecule has 1 spiro atoms. The Morgan fingerprint density at radius 2 is 1.41 bits per heavy atom. The molecule has 0 fully saturated rings. The lowest BCUT2D eigenvalue weighted by Gasteiger charge is -2.35. The zero-order chi connectivity index (χ0) is 28.8. The van der Waals surface area contributed by atoms with Gasteiger partial charge in [0, 0.05) is 30.2 Å². The number of hydrogen-bond donors (Lipinski definition) is 7. The summed E-state index contributed by atoms with van der Waals surface area (Å²) in [5, 5.41) is 73.0. The van der Waals surface area contributed by atoms with Gasteiger partial charge >= 0.3 is 5.97 Å². The highest BCUT2D eigenvalue weighted by molar-refractivity contribution is 6.00. The molecule has 4 aromatic rings. The van der Waals surface area contributed by atoms with Crippen LogP contribution < -0.4 is 14.2 Å². The van der Waals surface area contributed by atoms with E-state index in [0.717, 1.165) is 6.07 Å². The van der Waals surface area contributed by atoms with Crippen LogP contribution in [-0.2, 0) is 16.6 Å². The molecule has 0 aliphatic carbocycles. The Morgan fingerprint density at radius 3 is 2.15 bits per heavy atom. The van der Waals surface area contributed by atoms with Crippen LogP contribution in [0.5, 0.6) is 51.7 Å². The molecule has 208 valence electrons. The first kappa shape index (κ1) is 24.7. The smallest absolute Gasteiger partial charge is 0.331 e. The van der Waals surface area contributed by atoms with Crippen LogP contribution in [0.4, 0.5) is 0 Å². The molecule has 3 heterocycles. The summed E-state index contributed by atoms with van der Waals surface area (Å²) in [6.45, 7) is 0. The monoisotopic (exact) mass is 558 g/mol. The highest BCUT2D eigenvalue weighted by Crippen LogP contribution is 2.66. The topological polar surface area (TPSA) is 186 Å². The number of ether oxygens (including phenoxy) is 3. The number of carbonyl (C=O) groups is 1. The minimum Gasteiger partial charge on any atom is -0.508 e. The number of aromatic hydroxyl groups is 6. The highest BCUT2D eigenvalue weighted by Gasteiger charge is 2.66. The summed E-state index contributed by atoms with van der Waals surface area (Å²) < 4.78 is 18.2. The molecule has 0 radical (unpaired) electrons. The van der Waals surface area contributed by atoms with Crippen molar-refractivity contribution in [3.05, 3.63) is 88.5 Å². The van der Waals surface area contributed by atoms with E-state index in [2.05, 4.69) is 0 Å². The fourth-order valence-corrected chi connectivity index (χ4v) is 6.11. The van der Waals surface area contributed by atoms with Crippen molar-refractivity contribution in [2.45, 2.75) is 30.1 Å². The van der Waals surface area contributed by atoms with E-state index in [-0.39, 0.29) is 63.4 Å². The summed E-state index contributed by atoms with van der Waals surface area (Å²) in [5.74, 6) is -2.82. The number of esters is 1.